The van der Waals surface area contributed by atoms with E-state index in [2.05, 4.69) is 21.3 Å². The highest BCUT2D eigenvalue weighted by Crippen LogP contribution is 2.30. The summed E-state index contributed by atoms with van der Waals surface area (Å²) in [6.45, 7) is 6.97. The molecule has 1 N–H and O–H groups in total. The van der Waals surface area contributed by atoms with Crippen molar-refractivity contribution >= 4 is 23.1 Å². The van der Waals surface area contributed by atoms with Crippen LogP contribution >= 0.6 is 11.3 Å². The van der Waals surface area contributed by atoms with Crippen molar-refractivity contribution < 1.29 is 9.53 Å². The molecule has 0 radical (unpaired) electrons. The molecule has 1 aliphatic rings. The molecule has 0 saturated carbocycles. The zero-order valence-corrected chi connectivity index (χ0v) is 16.0. The Balaban J connectivity index is 1.69. The van der Waals surface area contributed by atoms with Crippen LogP contribution in [0.15, 0.2) is 29.8 Å². The van der Waals surface area contributed by atoms with Crippen LogP contribution in [0.2, 0.25) is 0 Å². The molecule has 1 aromatic heterocycles. The highest BCUT2D eigenvalue weighted by Gasteiger charge is 2.27. The molecule has 0 spiro atoms. The summed E-state index contributed by atoms with van der Waals surface area (Å²) in [5, 5.41) is 15.3. The van der Waals surface area contributed by atoms with Crippen LogP contribution in [0, 0.1) is 11.3 Å². The second-order valence-corrected chi connectivity index (χ2v) is 8.15. The van der Waals surface area contributed by atoms with E-state index >= 15 is 0 Å². The molecule has 26 heavy (non-hydrogen) atoms. The van der Waals surface area contributed by atoms with Gasteiger partial charge in [-0.15, -0.1) is 11.3 Å². The van der Waals surface area contributed by atoms with Gasteiger partial charge in [0.15, 0.2) is 0 Å². The van der Waals surface area contributed by atoms with Crippen molar-refractivity contribution in [3.8, 4) is 16.6 Å². The largest absolute Gasteiger partial charge is 0.444 e. The van der Waals surface area contributed by atoms with Crippen LogP contribution < -0.4 is 10.2 Å². The Hall–Kier alpha value is -2.59. The molecule has 136 valence electrons. The van der Waals surface area contributed by atoms with Crippen molar-refractivity contribution in [3.63, 3.8) is 0 Å². The van der Waals surface area contributed by atoms with Gasteiger partial charge in [0.2, 0.25) is 0 Å². The van der Waals surface area contributed by atoms with Crippen molar-refractivity contribution in [2.75, 3.05) is 18.0 Å². The van der Waals surface area contributed by atoms with Gasteiger partial charge in [-0.1, -0.05) is 0 Å². The smallest absolute Gasteiger partial charge is 0.407 e. The number of alkyl carbamates (subject to hydrolysis) is 1. The molecule has 1 aliphatic heterocycles. The number of hydrogen-bond donors (Lipinski definition) is 1. The van der Waals surface area contributed by atoms with Gasteiger partial charge in [-0.2, -0.15) is 5.26 Å². The molecule has 1 unspecified atom stereocenters. The fourth-order valence-electron chi connectivity index (χ4n) is 2.97. The average Bonchev–Trinajstić information content (AvgIpc) is 3.24. The highest BCUT2D eigenvalue weighted by molar-refractivity contribution is 7.13. The van der Waals surface area contributed by atoms with E-state index in [1.165, 1.54) is 0 Å². The Morgan fingerprint density at radius 1 is 1.46 bits per heavy atom. The Morgan fingerprint density at radius 3 is 2.92 bits per heavy atom. The van der Waals surface area contributed by atoms with E-state index in [4.69, 9.17) is 4.74 Å². The molecule has 0 aliphatic carbocycles. The maximum absolute atomic E-state index is 11.9. The summed E-state index contributed by atoms with van der Waals surface area (Å²) in [6, 6.07) is 8.12. The molecule has 7 heteroatoms. The van der Waals surface area contributed by atoms with Crippen LogP contribution in [0.3, 0.4) is 0 Å². The van der Waals surface area contributed by atoms with Gasteiger partial charge in [-0.3, -0.25) is 0 Å². The lowest BCUT2D eigenvalue weighted by molar-refractivity contribution is 0.0509. The summed E-state index contributed by atoms with van der Waals surface area (Å²) in [4.78, 5) is 18.4. The number of rotatable bonds is 3. The first-order chi connectivity index (χ1) is 12.4. The Labute approximate surface area is 157 Å². The predicted molar refractivity (Wildman–Crippen MR) is 102 cm³/mol. The van der Waals surface area contributed by atoms with Crippen LogP contribution in [-0.2, 0) is 4.74 Å². The van der Waals surface area contributed by atoms with Gasteiger partial charge in [0.1, 0.15) is 16.7 Å². The molecule has 1 fully saturated rings. The quantitative estimate of drug-likeness (QED) is 0.889. The normalized spacial score (nSPS) is 17.0. The molecular weight excluding hydrogens is 348 g/mol. The first kappa shape index (κ1) is 18.2. The van der Waals surface area contributed by atoms with Crippen LogP contribution in [0.1, 0.15) is 32.8 Å². The first-order valence-corrected chi connectivity index (χ1v) is 9.42. The molecule has 2 aromatic rings. The predicted octanol–water partition coefficient (Wildman–Crippen LogP) is 3.79. The highest BCUT2D eigenvalue weighted by atomic mass is 32.1. The van der Waals surface area contributed by atoms with Gasteiger partial charge in [0.25, 0.3) is 0 Å². The van der Waals surface area contributed by atoms with Gasteiger partial charge >= 0.3 is 6.09 Å². The van der Waals surface area contributed by atoms with E-state index in [-0.39, 0.29) is 6.04 Å². The SMILES string of the molecule is CC(C)(C)OC(=O)NC1CCN(c2ccc(-c3nccs3)cc2C#N)C1. The van der Waals surface area contributed by atoms with E-state index in [1.54, 1.807) is 17.5 Å². The Kier molecular flexibility index (Phi) is 5.14. The Morgan fingerprint density at radius 2 is 2.27 bits per heavy atom. The number of benzene rings is 1. The number of carbonyl (C=O) groups is 1. The van der Waals surface area contributed by atoms with Crippen molar-refractivity contribution in [2.45, 2.75) is 38.8 Å². The lowest BCUT2D eigenvalue weighted by Gasteiger charge is -2.23. The Bertz CT molecular complexity index is 821. The average molecular weight is 370 g/mol. The lowest BCUT2D eigenvalue weighted by Crippen LogP contribution is -2.40. The van der Waals surface area contributed by atoms with Crippen LogP contribution in [0.4, 0.5) is 10.5 Å². The number of aromatic nitrogens is 1. The zero-order chi connectivity index (χ0) is 18.7. The maximum atomic E-state index is 11.9. The third-order valence-electron chi connectivity index (χ3n) is 4.05. The fraction of sp³-hybridized carbons (Fsp3) is 0.421. The number of nitrogens with one attached hydrogen (secondary N) is 1. The van der Waals surface area contributed by atoms with E-state index in [0.717, 1.165) is 29.2 Å². The molecule has 3 rings (SSSR count). The minimum atomic E-state index is -0.512. The molecule has 0 bridgehead atoms. The second-order valence-electron chi connectivity index (χ2n) is 7.26. The van der Waals surface area contributed by atoms with Crippen LogP contribution in [0.5, 0.6) is 0 Å². The van der Waals surface area contributed by atoms with Crippen LogP contribution in [-0.4, -0.2) is 35.8 Å². The summed E-state index contributed by atoms with van der Waals surface area (Å²) >= 11 is 1.55. The monoisotopic (exact) mass is 370 g/mol. The number of ether oxygens (including phenoxy) is 1. The van der Waals surface area contributed by atoms with E-state index < -0.39 is 11.7 Å². The molecule has 1 atom stereocenters. The molecule has 6 nitrogen and oxygen atoms in total. The lowest BCUT2D eigenvalue weighted by atomic mass is 10.1. The summed E-state index contributed by atoms with van der Waals surface area (Å²) in [6.07, 6.45) is 2.18. The third kappa shape index (κ3) is 4.33. The molecule has 1 saturated heterocycles. The standard InChI is InChI=1S/C19H22N4O2S/c1-19(2,3)25-18(24)22-15-6-8-23(12-15)16-5-4-13(10-14(16)11-20)17-21-7-9-26-17/h4-5,7,9-10,15H,6,8,12H2,1-3H3,(H,22,24). The third-order valence-corrected chi connectivity index (χ3v) is 4.87. The minimum Gasteiger partial charge on any atom is -0.444 e. The zero-order valence-electron chi connectivity index (χ0n) is 15.2. The topological polar surface area (TPSA) is 78.2 Å². The maximum Gasteiger partial charge on any atom is 0.407 e. The second kappa shape index (κ2) is 7.34. The molecule has 1 aromatic carbocycles. The van der Waals surface area contributed by atoms with Crippen LogP contribution in [0.25, 0.3) is 10.6 Å². The molecule has 2 heterocycles. The van der Waals surface area contributed by atoms with Crippen molar-refractivity contribution in [2.24, 2.45) is 0 Å². The molecule has 1 amide bonds. The summed E-state index contributed by atoms with van der Waals surface area (Å²) in [7, 11) is 0. The first-order valence-electron chi connectivity index (χ1n) is 8.54. The van der Waals surface area contributed by atoms with Crippen molar-refractivity contribution in [1.29, 1.82) is 5.26 Å². The number of anilines is 1. The van der Waals surface area contributed by atoms with Crippen molar-refractivity contribution in [3.05, 3.63) is 35.3 Å². The molecular formula is C19H22N4O2S. The summed E-state index contributed by atoms with van der Waals surface area (Å²) < 4.78 is 5.32. The van der Waals surface area contributed by atoms with E-state index in [0.29, 0.717) is 12.1 Å². The minimum absolute atomic E-state index is 0.00929. The van der Waals surface area contributed by atoms with E-state index in [1.807, 2.05) is 44.4 Å². The summed E-state index contributed by atoms with van der Waals surface area (Å²) in [5.41, 5.74) is 1.95. The van der Waals surface area contributed by atoms with Gasteiger partial charge in [-0.05, 0) is 45.4 Å². The number of thiazole rings is 1. The number of hydrogen-bond acceptors (Lipinski definition) is 6. The number of nitriles is 1. The van der Waals surface area contributed by atoms with Crippen molar-refractivity contribution in [1.82, 2.24) is 10.3 Å². The summed E-state index contributed by atoms with van der Waals surface area (Å²) in [5.74, 6) is 0. The number of carbonyl (C=O) groups excluding carboxylic acids is 1. The van der Waals surface area contributed by atoms with Gasteiger partial charge < -0.3 is 15.0 Å². The number of nitrogens with zero attached hydrogens (tertiary/aromatic N) is 3. The fourth-order valence-corrected chi connectivity index (χ4v) is 3.61. The van der Waals surface area contributed by atoms with Gasteiger partial charge in [-0.25, -0.2) is 9.78 Å². The van der Waals surface area contributed by atoms with E-state index in [9.17, 15) is 10.1 Å². The number of amides is 1. The van der Waals surface area contributed by atoms with Gasteiger partial charge in [0.05, 0.1) is 17.3 Å². The van der Waals surface area contributed by atoms with Gasteiger partial charge in [0, 0.05) is 30.2 Å².